The van der Waals surface area contributed by atoms with E-state index in [1.165, 1.54) is 19.1 Å². The van der Waals surface area contributed by atoms with Crippen molar-refractivity contribution in [2.75, 3.05) is 11.9 Å². The monoisotopic (exact) mass is 594 g/mol. The summed E-state index contributed by atoms with van der Waals surface area (Å²) in [6.07, 6.45) is -0.452. The third-order valence-corrected chi connectivity index (χ3v) is 9.41. The van der Waals surface area contributed by atoms with Crippen LogP contribution >= 0.6 is 34.8 Å². The standard InChI is InChI=1S/C27H25Cl3N2O5S/c1-15(33)26(34)31-14-16-10-17-8-9-19(32-27(35)25-22(29)6-3-7-23(25)30)13-21(17)24(11-16)38(36,37)20-5-2-4-18(28)12-20/h2-9,12-13,15-16,24,33H,10-11,14H2,1H3,(H,31,34)(H,32,35)/t15-,16+,24?/m0/s1. The SMILES string of the molecule is C[C@H](O)C(=O)NC[C@@H]1Cc2ccc(NC(=O)c3c(Cl)cccc3Cl)cc2C(S(=O)(=O)c2cccc(Cl)c2)C1. The van der Waals surface area contributed by atoms with Crippen LogP contribution in [0.2, 0.25) is 15.1 Å². The zero-order chi connectivity index (χ0) is 27.6. The third-order valence-electron chi connectivity index (χ3n) is 6.44. The highest BCUT2D eigenvalue weighted by Gasteiger charge is 2.37. The Hall–Kier alpha value is -2.62. The summed E-state index contributed by atoms with van der Waals surface area (Å²) in [5.41, 5.74) is 1.82. The maximum absolute atomic E-state index is 13.8. The molecule has 3 N–H and O–H groups in total. The van der Waals surface area contributed by atoms with Gasteiger partial charge in [-0.3, -0.25) is 9.59 Å². The van der Waals surface area contributed by atoms with Gasteiger partial charge in [-0.05, 0) is 79.3 Å². The lowest BCUT2D eigenvalue weighted by molar-refractivity contribution is -0.128. The van der Waals surface area contributed by atoms with Gasteiger partial charge >= 0.3 is 0 Å². The Morgan fingerprint density at radius 1 is 1.03 bits per heavy atom. The fraction of sp³-hybridized carbons (Fsp3) is 0.259. The smallest absolute Gasteiger partial charge is 0.258 e. The molecule has 0 radical (unpaired) electrons. The van der Waals surface area contributed by atoms with Gasteiger partial charge in [0.1, 0.15) is 6.10 Å². The molecule has 38 heavy (non-hydrogen) atoms. The molecule has 1 aliphatic carbocycles. The van der Waals surface area contributed by atoms with E-state index in [1.54, 1.807) is 48.5 Å². The van der Waals surface area contributed by atoms with E-state index in [4.69, 9.17) is 34.8 Å². The Morgan fingerprint density at radius 2 is 1.71 bits per heavy atom. The Labute approximate surface area is 236 Å². The first-order valence-electron chi connectivity index (χ1n) is 11.8. The number of aliphatic hydroxyl groups excluding tert-OH is 1. The van der Waals surface area contributed by atoms with Crippen LogP contribution in [0.1, 0.15) is 40.1 Å². The van der Waals surface area contributed by atoms with Crippen LogP contribution in [0.25, 0.3) is 0 Å². The Bertz CT molecular complexity index is 1470. The number of sulfone groups is 1. The lowest BCUT2D eigenvalue weighted by Crippen LogP contribution is -2.38. The second-order valence-corrected chi connectivity index (χ2v) is 12.6. The zero-order valence-corrected chi connectivity index (χ0v) is 23.3. The highest BCUT2D eigenvalue weighted by Crippen LogP contribution is 2.42. The van der Waals surface area contributed by atoms with Gasteiger partial charge < -0.3 is 15.7 Å². The minimum absolute atomic E-state index is 0.0758. The van der Waals surface area contributed by atoms with Crippen molar-refractivity contribution in [2.45, 2.75) is 36.0 Å². The molecule has 3 aromatic rings. The second kappa shape index (κ2) is 11.6. The molecule has 3 aromatic carbocycles. The number of amides is 2. The number of halogens is 3. The predicted molar refractivity (Wildman–Crippen MR) is 149 cm³/mol. The number of carbonyl (C=O) groups is 2. The van der Waals surface area contributed by atoms with Crippen LogP contribution in [0.5, 0.6) is 0 Å². The lowest BCUT2D eigenvalue weighted by Gasteiger charge is -2.32. The minimum atomic E-state index is -3.90. The number of rotatable bonds is 7. The highest BCUT2D eigenvalue weighted by atomic mass is 35.5. The maximum atomic E-state index is 13.8. The number of hydrogen-bond acceptors (Lipinski definition) is 5. The molecule has 0 spiro atoms. The molecule has 0 heterocycles. The van der Waals surface area contributed by atoms with Crippen LogP contribution in [-0.2, 0) is 21.1 Å². The van der Waals surface area contributed by atoms with E-state index in [0.29, 0.717) is 22.7 Å². The Morgan fingerprint density at radius 3 is 2.37 bits per heavy atom. The summed E-state index contributed by atoms with van der Waals surface area (Å²) >= 11 is 18.4. The zero-order valence-electron chi connectivity index (χ0n) is 20.2. The first-order valence-corrected chi connectivity index (χ1v) is 14.5. The molecule has 0 saturated carbocycles. The molecule has 0 saturated heterocycles. The fourth-order valence-electron chi connectivity index (χ4n) is 4.54. The average Bonchev–Trinajstić information content (AvgIpc) is 2.86. The van der Waals surface area contributed by atoms with Crippen LogP contribution in [-0.4, -0.2) is 38.0 Å². The van der Waals surface area contributed by atoms with E-state index in [2.05, 4.69) is 10.6 Å². The van der Waals surface area contributed by atoms with Crippen LogP contribution < -0.4 is 10.6 Å². The van der Waals surface area contributed by atoms with Crippen LogP contribution in [0.15, 0.2) is 65.6 Å². The molecule has 7 nitrogen and oxygen atoms in total. The van der Waals surface area contributed by atoms with Gasteiger partial charge in [-0.25, -0.2) is 8.42 Å². The number of benzene rings is 3. The van der Waals surface area contributed by atoms with Crippen LogP contribution in [0.3, 0.4) is 0 Å². The molecule has 3 atom stereocenters. The molecule has 0 aromatic heterocycles. The molecule has 0 bridgehead atoms. The molecule has 2 amide bonds. The second-order valence-electron chi connectivity index (χ2n) is 9.18. The fourth-order valence-corrected chi connectivity index (χ4v) is 7.33. The number of aliphatic hydroxyl groups is 1. The summed E-state index contributed by atoms with van der Waals surface area (Å²) in [7, 11) is -3.90. The van der Waals surface area contributed by atoms with E-state index in [-0.39, 0.29) is 39.4 Å². The van der Waals surface area contributed by atoms with Gasteiger partial charge in [0.2, 0.25) is 5.91 Å². The maximum Gasteiger partial charge on any atom is 0.258 e. The van der Waals surface area contributed by atoms with Crippen molar-refractivity contribution in [3.63, 3.8) is 0 Å². The minimum Gasteiger partial charge on any atom is -0.384 e. The summed E-state index contributed by atoms with van der Waals surface area (Å²) in [4.78, 5) is 24.9. The van der Waals surface area contributed by atoms with E-state index in [9.17, 15) is 23.1 Å². The van der Waals surface area contributed by atoms with Crippen molar-refractivity contribution >= 4 is 62.1 Å². The molecule has 200 valence electrons. The molecule has 1 aliphatic rings. The van der Waals surface area contributed by atoms with Crippen molar-refractivity contribution < 1.29 is 23.1 Å². The van der Waals surface area contributed by atoms with Crippen LogP contribution in [0.4, 0.5) is 5.69 Å². The van der Waals surface area contributed by atoms with Gasteiger partial charge in [0.15, 0.2) is 9.84 Å². The highest BCUT2D eigenvalue weighted by molar-refractivity contribution is 7.91. The first-order chi connectivity index (χ1) is 18.0. The topological polar surface area (TPSA) is 113 Å². The van der Waals surface area contributed by atoms with E-state index in [1.807, 2.05) is 0 Å². The van der Waals surface area contributed by atoms with Gasteiger partial charge in [0, 0.05) is 17.3 Å². The first kappa shape index (κ1) is 28.4. The van der Waals surface area contributed by atoms with E-state index < -0.39 is 33.0 Å². The van der Waals surface area contributed by atoms with Gasteiger partial charge in [-0.1, -0.05) is 53.0 Å². The van der Waals surface area contributed by atoms with Gasteiger partial charge in [0.05, 0.1) is 25.8 Å². The van der Waals surface area contributed by atoms with Crippen molar-refractivity contribution in [2.24, 2.45) is 5.92 Å². The molecule has 4 rings (SSSR count). The average molecular weight is 596 g/mol. The van der Waals surface area contributed by atoms with Gasteiger partial charge in [-0.15, -0.1) is 0 Å². The van der Waals surface area contributed by atoms with Crippen molar-refractivity contribution in [1.82, 2.24) is 5.32 Å². The van der Waals surface area contributed by atoms with E-state index in [0.717, 1.165) is 5.56 Å². The number of anilines is 1. The Balaban J connectivity index is 1.70. The molecular formula is C27H25Cl3N2O5S. The van der Waals surface area contributed by atoms with Crippen molar-refractivity contribution in [3.05, 3.63) is 92.4 Å². The number of carbonyl (C=O) groups excluding carboxylic acids is 2. The third kappa shape index (κ3) is 6.16. The largest absolute Gasteiger partial charge is 0.384 e. The van der Waals surface area contributed by atoms with Crippen LogP contribution in [0, 0.1) is 5.92 Å². The molecule has 11 heteroatoms. The lowest BCUT2D eigenvalue weighted by atomic mass is 9.83. The van der Waals surface area contributed by atoms with Crippen molar-refractivity contribution in [1.29, 1.82) is 0 Å². The van der Waals surface area contributed by atoms with Gasteiger partial charge in [0.25, 0.3) is 5.91 Å². The number of fused-ring (bicyclic) bond motifs is 1. The predicted octanol–water partition coefficient (Wildman–Crippen LogP) is 5.47. The molecule has 1 unspecified atom stereocenters. The summed E-state index contributed by atoms with van der Waals surface area (Å²) in [6, 6.07) is 15.9. The molecule has 0 aliphatic heterocycles. The summed E-state index contributed by atoms with van der Waals surface area (Å²) in [5.74, 6) is -1.25. The summed E-state index contributed by atoms with van der Waals surface area (Å²) < 4.78 is 27.7. The Kier molecular flexibility index (Phi) is 8.69. The van der Waals surface area contributed by atoms with E-state index >= 15 is 0 Å². The normalized spacial score (nSPS) is 17.8. The quantitative estimate of drug-likeness (QED) is 0.335. The summed E-state index contributed by atoms with van der Waals surface area (Å²) in [6.45, 7) is 1.57. The number of hydrogen-bond donors (Lipinski definition) is 3. The van der Waals surface area contributed by atoms with Crippen molar-refractivity contribution in [3.8, 4) is 0 Å². The van der Waals surface area contributed by atoms with Gasteiger partial charge in [-0.2, -0.15) is 0 Å². The molecular weight excluding hydrogens is 571 g/mol. The molecule has 0 fully saturated rings. The number of nitrogens with one attached hydrogen (secondary N) is 2. The summed E-state index contributed by atoms with van der Waals surface area (Å²) in [5, 5.41) is 14.7.